The third-order valence-electron chi connectivity index (χ3n) is 4.16. The van der Waals surface area contributed by atoms with E-state index < -0.39 is 0 Å². The van der Waals surface area contributed by atoms with Crippen LogP contribution in [0.15, 0.2) is 5.16 Å². The van der Waals surface area contributed by atoms with Crippen molar-refractivity contribution in [2.24, 2.45) is 11.1 Å². The Kier molecular flexibility index (Phi) is 3.47. The Labute approximate surface area is 117 Å². The molecule has 7 heteroatoms. The second kappa shape index (κ2) is 5.11. The summed E-state index contributed by atoms with van der Waals surface area (Å²) in [4.78, 5) is 0. The average molecular weight is 280 g/mol. The first-order valence-electron chi connectivity index (χ1n) is 6.92. The molecule has 1 aromatic rings. The molecule has 1 aromatic heterocycles. The zero-order valence-electron chi connectivity index (χ0n) is 11.0. The highest BCUT2D eigenvalue weighted by molar-refractivity contribution is 7.99. The van der Waals surface area contributed by atoms with Gasteiger partial charge in [-0.3, -0.25) is 5.41 Å². The molecule has 0 spiro atoms. The fourth-order valence-electron chi connectivity index (χ4n) is 2.83. The monoisotopic (exact) mass is 280 g/mol. The van der Waals surface area contributed by atoms with E-state index >= 15 is 0 Å². The number of amidine groups is 1. The molecule has 1 heterocycles. The van der Waals surface area contributed by atoms with Crippen LogP contribution in [0.2, 0.25) is 0 Å². The number of rotatable bonds is 6. The van der Waals surface area contributed by atoms with Gasteiger partial charge in [0.25, 0.3) is 0 Å². The van der Waals surface area contributed by atoms with Crippen molar-refractivity contribution in [3.05, 3.63) is 0 Å². The van der Waals surface area contributed by atoms with Crippen LogP contribution in [0.3, 0.4) is 0 Å². The van der Waals surface area contributed by atoms with Crippen LogP contribution in [0.25, 0.3) is 0 Å². The fourth-order valence-corrected chi connectivity index (χ4v) is 4.07. The summed E-state index contributed by atoms with van der Waals surface area (Å²) < 4.78 is 2.00. The molecule has 0 saturated heterocycles. The van der Waals surface area contributed by atoms with Gasteiger partial charge in [0.05, 0.1) is 11.9 Å². The Morgan fingerprint density at radius 2 is 2.16 bits per heavy atom. The minimum Gasteiger partial charge on any atom is -0.388 e. The maximum absolute atomic E-state index is 7.44. The fraction of sp³-hybridized carbons (Fsp3) is 0.833. The van der Waals surface area contributed by atoms with Gasteiger partial charge in [0, 0.05) is 12.2 Å². The number of nitrogens with zero attached hydrogens (tertiary/aromatic N) is 4. The van der Waals surface area contributed by atoms with Gasteiger partial charge in [0.2, 0.25) is 5.16 Å². The third kappa shape index (κ3) is 2.91. The van der Waals surface area contributed by atoms with Crippen LogP contribution in [-0.4, -0.2) is 31.8 Å². The van der Waals surface area contributed by atoms with Crippen LogP contribution >= 0.6 is 11.8 Å². The van der Waals surface area contributed by atoms with Crippen molar-refractivity contribution in [3.63, 3.8) is 0 Å². The minimum atomic E-state index is 0.239. The molecule has 0 aliphatic heterocycles. The Balaban J connectivity index is 1.61. The van der Waals surface area contributed by atoms with Gasteiger partial charge in [-0.05, 0) is 41.5 Å². The maximum Gasteiger partial charge on any atom is 0.209 e. The lowest BCUT2D eigenvalue weighted by molar-refractivity contribution is 0.422. The van der Waals surface area contributed by atoms with Crippen molar-refractivity contribution < 1.29 is 0 Å². The van der Waals surface area contributed by atoms with Gasteiger partial charge in [-0.1, -0.05) is 24.6 Å². The predicted octanol–water partition coefficient (Wildman–Crippen LogP) is 1.99. The van der Waals surface area contributed by atoms with Gasteiger partial charge in [0.15, 0.2) is 0 Å². The third-order valence-corrected chi connectivity index (χ3v) is 5.45. The molecule has 0 amide bonds. The van der Waals surface area contributed by atoms with Crippen LogP contribution in [0.5, 0.6) is 0 Å². The van der Waals surface area contributed by atoms with Gasteiger partial charge < -0.3 is 5.73 Å². The second-order valence-corrected chi connectivity index (χ2v) is 6.78. The Morgan fingerprint density at radius 1 is 1.42 bits per heavy atom. The molecule has 0 radical (unpaired) electrons. The maximum atomic E-state index is 7.44. The molecule has 2 saturated carbocycles. The standard InChI is InChI=1S/C12H20N6S/c13-10(14)7-12(5-6-12)8-19-11-15-16-17-18(11)9-3-1-2-4-9/h9H,1-8H2,(H3,13,14). The number of thioether (sulfide) groups is 1. The molecule has 104 valence electrons. The quantitative estimate of drug-likeness (QED) is 0.472. The highest BCUT2D eigenvalue weighted by Gasteiger charge is 2.43. The molecule has 2 fully saturated rings. The number of nitrogens with two attached hydrogens (primary N) is 1. The van der Waals surface area contributed by atoms with E-state index in [1.807, 2.05) is 4.68 Å². The number of tetrazole rings is 1. The summed E-state index contributed by atoms with van der Waals surface area (Å²) in [6, 6.07) is 0.487. The van der Waals surface area contributed by atoms with Crippen LogP contribution in [0, 0.1) is 10.8 Å². The zero-order chi connectivity index (χ0) is 13.3. The van der Waals surface area contributed by atoms with Gasteiger partial charge in [-0.2, -0.15) is 0 Å². The minimum absolute atomic E-state index is 0.239. The van der Waals surface area contributed by atoms with Crippen molar-refractivity contribution in [2.45, 2.75) is 56.1 Å². The summed E-state index contributed by atoms with van der Waals surface area (Å²) in [6.07, 6.45) is 8.00. The van der Waals surface area contributed by atoms with E-state index in [4.69, 9.17) is 11.1 Å². The molecular weight excluding hydrogens is 260 g/mol. The van der Waals surface area contributed by atoms with Crippen molar-refractivity contribution in [1.82, 2.24) is 20.2 Å². The van der Waals surface area contributed by atoms with Crippen LogP contribution < -0.4 is 5.73 Å². The van der Waals surface area contributed by atoms with E-state index in [0.29, 0.717) is 18.3 Å². The van der Waals surface area contributed by atoms with Crippen LogP contribution in [0.4, 0.5) is 0 Å². The molecule has 0 aromatic carbocycles. The molecule has 0 atom stereocenters. The highest BCUT2D eigenvalue weighted by atomic mass is 32.2. The molecule has 2 aliphatic rings. The molecule has 19 heavy (non-hydrogen) atoms. The number of hydrogen-bond acceptors (Lipinski definition) is 5. The first-order chi connectivity index (χ1) is 9.19. The van der Waals surface area contributed by atoms with Crippen LogP contribution in [-0.2, 0) is 0 Å². The van der Waals surface area contributed by atoms with Gasteiger partial charge in [0.1, 0.15) is 0 Å². The van der Waals surface area contributed by atoms with Gasteiger partial charge >= 0.3 is 0 Å². The highest BCUT2D eigenvalue weighted by Crippen LogP contribution is 2.51. The smallest absolute Gasteiger partial charge is 0.209 e. The van der Waals surface area contributed by atoms with E-state index in [9.17, 15) is 0 Å². The summed E-state index contributed by atoms with van der Waals surface area (Å²) in [5.74, 6) is 1.27. The van der Waals surface area contributed by atoms with Gasteiger partial charge in [-0.25, -0.2) is 4.68 Å². The molecule has 0 unspecified atom stereocenters. The number of aromatic nitrogens is 4. The van der Waals surface area contributed by atoms with E-state index in [1.54, 1.807) is 11.8 Å². The summed E-state index contributed by atoms with van der Waals surface area (Å²) in [5, 5.41) is 20.5. The lowest BCUT2D eigenvalue weighted by atomic mass is 10.1. The number of hydrogen-bond donors (Lipinski definition) is 2. The van der Waals surface area contributed by atoms with Crippen molar-refractivity contribution in [1.29, 1.82) is 5.41 Å². The zero-order valence-corrected chi connectivity index (χ0v) is 11.8. The largest absolute Gasteiger partial charge is 0.388 e. The number of nitrogens with one attached hydrogen (secondary N) is 1. The Bertz CT molecular complexity index is 461. The summed E-state index contributed by atoms with van der Waals surface area (Å²) in [6.45, 7) is 0. The first-order valence-corrected chi connectivity index (χ1v) is 7.91. The normalized spacial score (nSPS) is 21.7. The summed E-state index contributed by atoms with van der Waals surface area (Å²) in [7, 11) is 0. The molecule has 2 aliphatic carbocycles. The van der Waals surface area contributed by atoms with E-state index in [2.05, 4.69) is 15.5 Å². The molecular formula is C12H20N6S. The summed E-state index contributed by atoms with van der Waals surface area (Å²) >= 11 is 1.73. The van der Waals surface area contributed by atoms with E-state index in [1.165, 1.54) is 38.5 Å². The predicted molar refractivity (Wildman–Crippen MR) is 74.2 cm³/mol. The first kappa shape index (κ1) is 12.9. The average Bonchev–Trinajstić information content (AvgIpc) is 2.86. The van der Waals surface area contributed by atoms with E-state index in [0.717, 1.165) is 10.9 Å². The SMILES string of the molecule is N=C(N)CC1(CSc2nnnn2C2CCCC2)CC1. The molecule has 3 N–H and O–H groups in total. The molecule has 6 nitrogen and oxygen atoms in total. The molecule has 3 rings (SSSR count). The lowest BCUT2D eigenvalue weighted by Crippen LogP contribution is -2.18. The molecule has 0 bridgehead atoms. The summed E-state index contributed by atoms with van der Waals surface area (Å²) in [5.41, 5.74) is 5.76. The van der Waals surface area contributed by atoms with Crippen molar-refractivity contribution >= 4 is 17.6 Å². The Hall–Kier alpha value is -1.11. The van der Waals surface area contributed by atoms with Crippen molar-refractivity contribution in [3.8, 4) is 0 Å². The van der Waals surface area contributed by atoms with E-state index in [-0.39, 0.29) is 5.41 Å². The Morgan fingerprint density at radius 3 is 2.79 bits per heavy atom. The van der Waals surface area contributed by atoms with Gasteiger partial charge in [-0.15, -0.1) is 5.10 Å². The topological polar surface area (TPSA) is 93.5 Å². The lowest BCUT2D eigenvalue weighted by Gasteiger charge is -2.14. The van der Waals surface area contributed by atoms with Crippen molar-refractivity contribution in [2.75, 3.05) is 5.75 Å². The second-order valence-electron chi connectivity index (χ2n) is 5.83. The van der Waals surface area contributed by atoms with Crippen LogP contribution in [0.1, 0.15) is 51.0 Å².